The highest BCUT2D eigenvalue weighted by Crippen LogP contribution is 2.16. The number of halogens is 1. The topological polar surface area (TPSA) is 38.1 Å². The van der Waals surface area contributed by atoms with Crippen molar-refractivity contribution < 1.29 is 4.79 Å². The average Bonchev–Trinajstić information content (AvgIpc) is 3.12. The molecule has 0 saturated carbocycles. The molecule has 0 fully saturated rings. The van der Waals surface area contributed by atoms with E-state index in [0.717, 1.165) is 22.0 Å². The predicted octanol–water partition coefficient (Wildman–Crippen LogP) is 4.42. The van der Waals surface area contributed by atoms with Crippen LogP contribution < -0.4 is 0 Å². The minimum atomic E-state index is 0.108. The number of para-hydroxylation sites is 1. The summed E-state index contributed by atoms with van der Waals surface area (Å²) in [6, 6.07) is 17.6. The Kier molecular flexibility index (Phi) is 6.36. The lowest BCUT2D eigenvalue weighted by Crippen LogP contribution is -2.27. The van der Waals surface area contributed by atoms with Gasteiger partial charge in [0.15, 0.2) is 0 Å². The van der Waals surface area contributed by atoms with E-state index in [1.54, 1.807) is 22.9 Å². The highest BCUT2D eigenvalue weighted by Gasteiger charge is 2.11. The number of nitrogens with zero attached hydrogens (tertiary/aromatic N) is 3. The van der Waals surface area contributed by atoms with Crippen LogP contribution in [0.25, 0.3) is 5.69 Å². The minimum Gasteiger partial charge on any atom is -0.341 e. The Balaban J connectivity index is 1.48. The van der Waals surface area contributed by atoms with Gasteiger partial charge in [-0.1, -0.05) is 41.9 Å². The number of hydrogen-bond donors (Lipinski definition) is 0. The largest absolute Gasteiger partial charge is 0.341 e. The first-order chi connectivity index (χ1) is 12.6. The van der Waals surface area contributed by atoms with Gasteiger partial charge in [0.2, 0.25) is 5.91 Å². The van der Waals surface area contributed by atoms with E-state index in [0.29, 0.717) is 12.3 Å². The van der Waals surface area contributed by atoms with Crippen molar-refractivity contribution in [2.75, 3.05) is 12.8 Å². The van der Waals surface area contributed by atoms with Gasteiger partial charge in [0.1, 0.15) is 0 Å². The summed E-state index contributed by atoms with van der Waals surface area (Å²) < 4.78 is 1.82. The Morgan fingerprint density at radius 2 is 1.85 bits per heavy atom. The highest BCUT2D eigenvalue weighted by molar-refractivity contribution is 7.99. The molecule has 0 saturated heterocycles. The van der Waals surface area contributed by atoms with Crippen LogP contribution in [0.15, 0.2) is 67.0 Å². The number of carbonyl (C=O) groups excluding carboxylic acids is 1. The lowest BCUT2D eigenvalue weighted by Gasteiger charge is -2.16. The molecule has 0 unspecified atom stereocenters. The summed E-state index contributed by atoms with van der Waals surface area (Å²) in [5, 5.41) is 5.10. The summed E-state index contributed by atoms with van der Waals surface area (Å²) >= 11 is 7.49. The van der Waals surface area contributed by atoms with Gasteiger partial charge in [-0.15, -0.1) is 11.8 Å². The monoisotopic (exact) mass is 385 g/mol. The highest BCUT2D eigenvalue weighted by atomic mass is 35.5. The zero-order chi connectivity index (χ0) is 18.4. The number of thioether (sulfide) groups is 1. The summed E-state index contributed by atoms with van der Waals surface area (Å²) in [6.45, 7) is 0.549. The third-order valence-corrected chi connectivity index (χ3v) is 5.15. The smallest absolute Gasteiger partial charge is 0.232 e. The van der Waals surface area contributed by atoms with E-state index in [2.05, 4.69) is 5.10 Å². The third-order valence-electron chi connectivity index (χ3n) is 3.91. The van der Waals surface area contributed by atoms with E-state index in [1.807, 2.05) is 72.5 Å². The maximum absolute atomic E-state index is 12.3. The number of hydrogen-bond acceptors (Lipinski definition) is 3. The van der Waals surface area contributed by atoms with Crippen LogP contribution in [0.5, 0.6) is 0 Å². The standard InChI is InChI=1S/C20H20ClN3OS/c1-23(20(25)15-26-14-16-7-9-18(21)10-8-16)12-17-11-22-24(13-17)19-5-3-2-4-6-19/h2-11,13H,12,14-15H2,1H3. The van der Waals surface area contributed by atoms with Crippen molar-refractivity contribution in [1.82, 2.24) is 14.7 Å². The first kappa shape index (κ1) is 18.5. The normalized spacial score (nSPS) is 10.7. The van der Waals surface area contributed by atoms with E-state index in [1.165, 1.54) is 5.56 Å². The van der Waals surface area contributed by atoms with Crippen LogP contribution in [0.2, 0.25) is 5.02 Å². The molecule has 26 heavy (non-hydrogen) atoms. The SMILES string of the molecule is CN(Cc1cnn(-c2ccccc2)c1)C(=O)CSCc1ccc(Cl)cc1. The predicted molar refractivity (Wildman–Crippen MR) is 108 cm³/mol. The molecule has 0 N–H and O–H groups in total. The molecule has 0 aliphatic heterocycles. The van der Waals surface area contributed by atoms with Gasteiger partial charge in [-0.3, -0.25) is 4.79 Å². The van der Waals surface area contributed by atoms with Gasteiger partial charge >= 0.3 is 0 Å². The van der Waals surface area contributed by atoms with E-state index >= 15 is 0 Å². The summed E-state index contributed by atoms with van der Waals surface area (Å²) in [7, 11) is 1.82. The average molecular weight is 386 g/mol. The molecular weight excluding hydrogens is 366 g/mol. The minimum absolute atomic E-state index is 0.108. The van der Waals surface area contributed by atoms with E-state index in [4.69, 9.17) is 11.6 Å². The van der Waals surface area contributed by atoms with E-state index in [-0.39, 0.29) is 5.91 Å². The second-order valence-electron chi connectivity index (χ2n) is 6.00. The molecule has 3 rings (SSSR count). The molecule has 0 bridgehead atoms. The number of rotatable bonds is 7. The summed E-state index contributed by atoms with van der Waals surface area (Å²) in [4.78, 5) is 14.1. The molecule has 2 aromatic carbocycles. The van der Waals surface area contributed by atoms with Crippen LogP contribution in [0.1, 0.15) is 11.1 Å². The number of amides is 1. The Morgan fingerprint density at radius 1 is 1.12 bits per heavy atom. The van der Waals surface area contributed by atoms with Gasteiger partial charge in [0, 0.05) is 36.1 Å². The number of carbonyl (C=O) groups is 1. The molecule has 0 spiro atoms. The molecule has 134 valence electrons. The molecule has 0 radical (unpaired) electrons. The van der Waals surface area contributed by atoms with Crippen LogP contribution in [0, 0.1) is 0 Å². The van der Waals surface area contributed by atoms with Crippen LogP contribution in [0.4, 0.5) is 0 Å². The molecule has 0 aliphatic rings. The van der Waals surface area contributed by atoms with E-state index in [9.17, 15) is 4.79 Å². The van der Waals surface area contributed by atoms with Gasteiger partial charge in [0.05, 0.1) is 17.6 Å². The Morgan fingerprint density at radius 3 is 2.58 bits per heavy atom. The maximum Gasteiger partial charge on any atom is 0.232 e. The van der Waals surface area contributed by atoms with Gasteiger partial charge < -0.3 is 4.90 Å². The van der Waals surface area contributed by atoms with Crippen molar-refractivity contribution in [2.24, 2.45) is 0 Å². The molecule has 3 aromatic rings. The van der Waals surface area contributed by atoms with Gasteiger partial charge in [-0.05, 0) is 29.8 Å². The van der Waals surface area contributed by atoms with Crippen LogP contribution in [-0.2, 0) is 17.1 Å². The Labute approximate surface area is 162 Å². The molecule has 1 aromatic heterocycles. The maximum atomic E-state index is 12.3. The molecule has 6 heteroatoms. The summed E-state index contributed by atoms with van der Waals surface area (Å²) in [6.07, 6.45) is 3.76. The lowest BCUT2D eigenvalue weighted by molar-refractivity contribution is -0.127. The second kappa shape index (κ2) is 8.92. The van der Waals surface area contributed by atoms with Crippen LogP contribution >= 0.6 is 23.4 Å². The fourth-order valence-electron chi connectivity index (χ4n) is 2.47. The van der Waals surface area contributed by atoms with Crippen LogP contribution in [-0.4, -0.2) is 33.4 Å². The summed E-state index contributed by atoms with van der Waals surface area (Å²) in [5.41, 5.74) is 3.18. The van der Waals surface area contributed by atoms with Gasteiger partial charge in [-0.25, -0.2) is 4.68 Å². The number of aromatic nitrogens is 2. The molecular formula is C20H20ClN3OS. The Hall–Kier alpha value is -2.24. The molecule has 0 atom stereocenters. The van der Waals surface area contributed by atoms with Gasteiger partial charge in [-0.2, -0.15) is 5.10 Å². The third kappa shape index (κ3) is 5.13. The fourth-order valence-corrected chi connectivity index (χ4v) is 3.52. The van der Waals surface area contributed by atoms with Crippen molar-refractivity contribution >= 4 is 29.3 Å². The zero-order valence-electron chi connectivity index (χ0n) is 14.5. The van der Waals surface area contributed by atoms with Crippen molar-refractivity contribution in [3.05, 3.63) is 83.1 Å². The Bertz CT molecular complexity index is 849. The van der Waals surface area contributed by atoms with E-state index < -0.39 is 0 Å². The van der Waals surface area contributed by atoms with Crippen molar-refractivity contribution in [3.8, 4) is 5.69 Å². The molecule has 4 nitrogen and oxygen atoms in total. The van der Waals surface area contributed by atoms with Crippen molar-refractivity contribution in [3.63, 3.8) is 0 Å². The number of benzene rings is 2. The van der Waals surface area contributed by atoms with Gasteiger partial charge in [0.25, 0.3) is 0 Å². The summed E-state index contributed by atoms with van der Waals surface area (Å²) in [5.74, 6) is 1.35. The first-order valence-electron chi connectivity index (χ1n) is 8.27. The fraction of sp³-hybridized carbons (Fsp3) is 0.200. The van der Waals surface area contributed by atoms with Crippen LogP contribution in [0.3, 0.4) is 0 Å². The molecule has 1 amide bonds. The zero-order valence-corrected chi connectivity index (χ0v) is 16.1. The quantitative estimate of drug-likeness (QED) is 0.604. The molecule has 1 heterocycles. The second-order valence-corrected chi connectivity index (χ2v) is 7.42. The lowest BCUT2D eigenvalue weighted by atomic mass is 10.2. The van der Waals surface area contributed by atoms with Crippen molar-refractivity contribution in [2.45, 2.75) is 12.3 Å². The first-order valence-corrected chi connectivity index (χ1v) is 9.80. The molecule has 0 aliphatic carbocycles. The van der Waals surface area contributed by atoms with Crippen molar-refractivity contribution in [1.29, 1.82) is 0 Å².